The van der Waals surface area contributed by atoms with Crippen molar-refractivity contribution in [3.63, 3.8) is 0 Å². The Morgan fingerprint density at radius 3 is 2.83 bits per heavy atom. The summed E-state index contributed by atoms with van der Waals surface area (Å²) in [6, 6.07) is 10.8. The Bertz CT molecular complexity index is 1000. The highest BCUT2D eigenvalue weighted by molar-refractivity contribution is 7.13. The molecule has 0 aliphatic carbocycles. The second-order valence-corrected chi connectivity index (χ2v) is 8.09. The van der Waals surface area contributed by atoms with Gasteiger partial charge < -0.3 is 20.3 Å². The second kappa shape index (κ2) is 9.69. The molecule has 1 aromatic carbocycles. The number of nitrogens with zero attached hydrogens (tertiary/aromatic N) is 3. The van der Waals surface area contributed by atoms with E-state index < -0.39 is 0 Å². The van der Waals surface area contributed by atoms with Crippen LogP contribution in [0.5, 0.6) is 11.5 Å². The van der Waals surface area contributed by atoms with Gasteiger partial charge in [0, 0.05) is 36.3 Å². The molecule has 8 heteroatoms. The molecular formula is C22H25N5O2S. The molecule has 0 saturated carbocycles. The Morgan fingerprint density at radius 1 is 1.20 bits per heavy atom. The summed E-state index contributed by atoms with van der Waals surface area (Å²) in [5.41, 5.74) is 1.55. The van der Waals surface area contributed by atoms with Gasteiger partial charge in [-0.15, -0.1) is 11.3 Å². The van der Waals surface area contributed by atoms with Gasteiger partial charge >= 0.3 is 0 Å². The van der Waals surface area contributed by atoms with Crippen LogP contribution in [0.4, 0.5) is 10.9 Å². The Hall–Kier alpha value is -2.97. The highest BCUT2D eigenvalue weighted by Crippen LogP contribution is 2.26. The van der Waals surface area contributed by atoms with Crippen LogP contribution < -0.4 is 15.4 Å². The normalized spacial score (nSPS) is 13.9. The lowest BCUT2D eigenvalue weighted by Crippen LogP contribution is -2.33. The third-order valence-electron chi connectivity index (χ3n) is 4.83. The average molecular weight is 424 g/mol. The molecule has 156 valence electrons. The largest absolute Gasteiger partial charge is 0.457 e. The van der Waals surface area contributed by atoms with Gasteiger partial charge in [0.05, 0.1) is 5.69 Å². The maximum absolute atomic E-state index is 12.5. The average Bonchev–Trinajstić information content (AvgIpc) is 3.40. The molecule has 1 aliphatic rings. The molecule has 0 spiro atoms. The van der Waals surface area contributed by atoms with E-state index >= 15 is 0 Å². The zero-order valence-electron chi connectivity index (χ0n) is 16.9. The third kappa shape index (κ3) is 5.55. The number of aryl methyl sites for hydroxylation is 1. The van der Waals surface area contributed by atoms with E-state index in [4.69, 9.17) is 4.74 Å². The van der Waals surface area contributed by atoms with Crippen LogP contribution in [0.3, 0.4) is 0 Å². The van der Waals surface area contributed by atoms with E-state index in [1.54, 1.807) is 30.5 Å². The van der Waals surface area contributed by atoms with Crippen molar-refractivity contribution < 1.29 is 9.53 Å². The summed E-state index contributed by atoms with van der Waals surface area (Å²) in [7, 11) is 0. The zero-order valence-corrected chi connectivity index (χ0v) is 17.7. The minimum atomic E-state index is -0.0872. The molecule has 0 atom stereocenters. The van der Waals surface area contributed by atoms with Gasteiger partial charge in [-0.05, 0) is 57.1 Å². The molecule has 4 rings (SSSR count). The predicted molar refractivity (Wildman–Crippen MR) is 119 cm³/mol. The van der Waals surface area contributed by atoms with Gasteiger partial charge in [0.25, 0.3) is 5.91 Å². The van der Waals surface area contributed by atoms with Crippen molar-refractivity contribution in [2.24, 2.45) is 0 Å². The van der Waals surface area contributed by atoms with Crippen LogP contribution in [0.25, 0.3) is 0 Å². The van der Waals surface area contributed by atoms with Crippen molar-refractivity contribution in [3.05, 3.63) is 59.2 Å². The summed E-state index contributed by atoms with van der Waals surface area (Å²) in [6.07, 6.45) is 4.18. The maximum atomic E-state index is 12.5. The first kappa shape index (κ1) is 20.3. The van der Waals surface area contributed by atoms with E-state index in [-0.39, 0.29) is 5.91 Å². The Kier molecular flexibility index (Phi) is 6.56. The molecular weight excluding hydrogens is 398 g/mol. The highest BCUT2D eigenvalue weighted by Gasteiger charge is 2.12. The lowest BCUT2D eigenvalue weighted by molar-refractivity contribution is 0.0949. The van der Waals surface area contributed by atoms with Gasteiger partial charge in [-0.1, -0.05) is 6.07 Å². The number of carbonyl (C=O) groups excluding carboxylic acids is 1. The summed E-state index contributed by atoms with van der Waals surface area (Å²) in [5.74, 6) is 1.80. The van der Waals surface area contributed by atoms with Crippen LogP contribution in [-0.4, -0.2) is 47.0 Å². The first-order valence-electron chi connectivity index (χ1n) is 10.1. The van der Waals surface area contributed by atoms with Gasteiger partial charge in [0.2, 0.25) is 0 Å². The summed E-state index contributed by atoms with van der Waals surface area (Å²) in [4.78, 5) is 23.5. The number of thiazole rings is 1. The van der Waals surface area contributed by atoms with Crippen LogP contribution in [-0.2, 0) is 0 Å². The van der Waals surface area contributed by atoms with Crippen LogP contribution in [0.2, 0.25) is 0 Å². The molecule has 0 unspecified atom stereocenters. The van der Waals surface area contributed by atoms with E-state index in [9.17, 15) is 4.79 Å². The van der Waals surface area contributed by atoms with Crippen molar-refractivity contribution in [1.82, 2.24) is 20.2 Å². The summed E-state index contributed by atoms with van der Waals surface area (Å²) in [5, 5.41) is 8.93. The smallest absolute Gasteiger partial charge is 0.251 e. The van der Waals surface area contributed by atoms with Crippen molar-refractivity contribution in [2.75, 3.05) is 31.5 Å². The van der Waals surface area contributed by atoms with Gasteiger partial charge in [-0.25, -0.2) is 9.97 Å². The lowest BCUT2D eigenvalue weighted by atomic mass is 10.2. The fourth-order valence-electron chi connectivity index (χ4n) is 3.34. The monoisotopic (exact) mass is 423 g/mol. The number of ether oxygens (including phenoxy) is 1. The molecule has 7 nitrogen and oxygen atoms in total. The Morgan fingerprint density at radius 2 is 2.03 bits per heavy atom. The number of benzene rings is 1. The molecule has 1 fully saturated rings. The van der Waals surface area contributed by atoms with E-state index in [0.717, 1.165) is 30.5 Å². The number of likely N-dealkylation sites (tertiary alicyclic amines) is 1. The number of amides is 1. The Balaban J connectivity index is 1.35. The van der Waals surface area contributed by atoms with E-state index in [0.29, 0.717) is 29.4 Å². The molecule has 1 aliphatic heterocycles. The molecule has 3 aromatic rings. The molecule has 1 amide bonds. The minimum absolute atomic E-state index is 0.0872. The molecule has 2 aromatic heterocycles. The maximum Gasteiger partial charge on any atom is 0.251 e. The van der Waals surface area contributed by atoms with Gasteiger partial charge in [0.1, 0.15) is 17.3 Å². The van der Waals surface area contributed by atoms with Crippen molar-refractivity contribution in [2.45, 2.75) is 19.8 Å². The lowest BCUT2D eigenvalue weighted by Gasteiger charge is -2.15. The highest BCUT2D eigenvalue weighted by atomic mass is 32.1. The topological polar surface area (TPSA) is 79.4 Å². The van der Waals surface area contributed by atoms with Crippen LogP contribution in [0.15, 0.2) is 48.0 Å². The Labute approximate surface area is 180 Å². The first-order valence-corrected chi connectivity index (χ1v) is 11.0. The second-order valence-electron chi connectivity index (χ2n) is 7.23. The van der Waals surface area contributed by atoms with Crippen molar-refractivity contribution in [1.29, 1.82) is 0 Å². The van der Waals surface area contributed by atoms with E-state index in [1.165, 1.54) is 24.2 Å². The first-order chi connectivity index (χ1) is 14.7. The number of anilines is 2. The van der Waals surface area contributed by atoms with E-state index in [1.807, 2.05) is 24.4 Å². The molecule has 1 saturated heterocycles. The summed E-state index contributed by atoms with van der Waals surface area (Å²) < 4.78 is 5.95. The fourth-order valence-corrected chi connectivity index (χ4v) is 4.03. The zero-order chi connectivity index (χ0) is 20.8. The van der Waals surface area contributed by atoms with Crippen LogP contribution in [0, 0.1) is 6.92 Å². The number of aromatic nitrogens is 2. The number of hydrogen-bond acceptors (Lipinski definition) is 7. The molecule has 0 bridgehead atoms. The quantitative estimate of drug-likeness (QED) is 0.565. The summed E-state index contributed by atoms with van der Waals surface area (Å²) >= 11 is 1.52. The van der Waals surface area contributed by atoms with Crippen LogP contribution >= 0.6 is 11.3 Å². The summed E-state index contributed by atoms with van der Waals surface area (Å²) in [6.45, 7) is 5.76. The minimum Gasteiger partial charge on any atom is -0.457 e. The van der Waals surface area contributed by atoms with Crippen molar-refractivity contribution in [3.8, 4) is 11.5 Å². The number of pyridine rings is 1. The fraction of sp³-hybridized carbons (Fsp3) is 0.318. The number of rotatable bonds is 8. The number of nitrogens with one attached hydrogen (secondary N) is 2. The van der Waals surface area contributed by atoms with Crippen molar-refractivity contribution >= 4 is 28.2 Å². The molecule has 2 N–H and O–H groups in total. The number of carbonyl (C=O) groups is 1. The van der Waals surface area contributed by atoms with Gasteiger partial charge in [0.15, 0.2) is 5.13 Å². The third-order valence-corrected chi connectivity index (χ3v) is 5.71. The van der Waals surface area contributed by atoms with Gasteiger partial charge in [-0.2, -0.15) is 0 Å². The molecule has 3 heterocycles. The van der Waals surface area contributed by atoms with E-state index in [2.05, 4.69) is 25.5 Å². The molecule has 30 heavy (non-hydrogen) atoms. The standard InChI is InChI=1S/C22H25N5O2S/c1-16-15-30-22(25-16)26-20-14-19(7-8-23-20)29-18-6-4-5-17(13-18)21(28)24-9-12-27-10-2-3-11-27/h4-8,13-15H,2-3,9-12H2,1H3,(H,24,28)(H,23,25,26). The number of hydrogen-bond donors (Lipinski definition) is 2. The predicted octanol–water partition coefficient (Wildman–Crippen LogP) is 4.21. The molecule has 0 radical (unpaired) electrons. The van der Waals surface area contributed by atoms with Crippen LogP contribution in [0.1, 0.15) is 28.9 Å². The SMILES string of the molecule is Cc1csc(Nc2cc(Oc3cccc(C(=O)NCCN4CCCC4)c3)ccn2)n1. The van der Waals surface area contributed by atoms with Gasteiger partial charge in [-0.3, -0.25) is 4.79 Å².